The van der Waals surface area contributed by atoms with Gasteiger partial charge >= 0.3 is 5.97 Å². The molecule has 15 heteroatoms. The van der Waals surface area contributed by atoms with E-state index in [1.54, 1.807) is 43.1 Å². The quantitative estimate of drug-likeness (QED) is 0.115. The summed E-state index contributed by atoms with van der Waals surface area (Å²) in [7, 11) is -1.55. The van der Waals surface area contributed by atoms with E-state index in [0.29, 0.717) is 40.8 Å². The Morgan fingerprint density at radius 2 is 1.13 bits per heavy atom. The number of aromatic amines is 2. The summed E-state index contributed by atoms with van der Waals surface area (Å²) < 4.78 is 13.3. The van der Waals surface area contributed by atoms with Crippen LogP contribution in [0.4, 0.5) is 0 Å². The lowest BCUT2D eigenvalue weighted by Gasteiger charge is -2.35. The molecule has 4 saturated heterocycles. The van der Waals surface area contributed by atoms with Gasteiger partial charge in [0.2, 0.25) is 0 Å². The molecular weight excluding hydrogens is 741 g/mol. The van der Waals surface area contributed by atoms with Gasteiger partial charge in [0.15, 0.2) is 11.3 Å². The maximum atomic E-state index is 12.6. The number of carbonyl (C=O) groups excluding carboxylic acids is 1. The van der Waals surface area contributed by atoms with Crippen molar-refractivity contribution in [1.29, 1.82) is 0 Å². The van der Waals surface area contributed by atoms with Crippen molar-refractivity contribution >= 4 is 71.4 Å². The zero-order valence-electron chi connectivity index (χ0n) is 30.9. The number of nitrogens with one attached hydrogen (secondary N) is 3. The molecule has 6 aliphatic rings. The summed E-state index contributed by atoms with van der Waals surface area (Å²) in [6.07, 6.45) is 18.6. The van der Waals surface area contributed by atoms with Crippen LogP contribution in [-0.2, 0) is 0 Å². The number of rotatable bonds is 7. The summed E-state index contributed by atoms with van der Waals surface area (Å²) in [5.41, 5.74) is 8.08. The number of nitrogens with zero attached hydrogens (tertiary/aromatic N) is 2. The Morgan fingerprint density at radius 3 is 1.57 bits per heavy atom. The lowest BCUT2D eigenvalue weighted by molar-refractivity contribution is 0.0691. The third-order valence-corrected chi connectivity index (χ3v) is 26.1. The van der Waals surface area contributed by atoms with Gasteiger partial charge in [-0.05, 0) is 76.3 Å². The smallest absolute Gasteiger partial charge is 0.352 e. The molecule has 2 aliphatic carbocycles. The zero-order chi connectivity index (χ0) is 36.4. The number of carboxylic acids is 1. The van der Waals surface area contributed by atoms with Crippen molar-refractivity contribution < 1.29 is 24.2 Å². The van der Waals surface area contributed by atoms with Crippen molar-refractivity contribution in [3.63, 3.8) is 0 Å². The van der Waals surface area contributed by atoms with Gasteiger partial charge in [0.25, 0.3) is 16.3 Å². The maximum Gasteiger partial charge on any atom is 0.352 e. The minimum atomic E-state index is -0.966. The third kappa shape index (κ3) is 8.89. The molecule has 1 amide bonds. The average molecular weight is 797 g/mol. The average Bonchev–Trinajstić information content (AvgIpc) is 3.96. The first-order valence-corrected chi connectivity index (χ1v) is 27.6. The molecule has 10 rings (SSSR count). The van der Waals surface area contributed by atoms with Crippen molar-refractivity contribution in [2.24, 2.45) is 5.73 Å². The van der Waals surface area contributed by atoms with Gasteiger partial charge in [-0.15, -0.1) is 0 Å². The molecule has 288 valence electrons. The number of hydrogen-bond acceptors (Lipinski definition) is 9. The minimum absolute atomic E-state index is 0.0192. The Kier molecular flexibility index (Phi) is 11.4. The van der Waals surface area contributed by atoms with Gasteiger partial charge < -0.3 is 35.6 Å². The second-order valence-corrected chi connectivity index (χ2v) is 28.9. The molecule has 6 N–H and O–H groups in total. The Bertz CT molecular complexity index is 1790. The van der Waals surface area contributed by atoms with Crippen LogP contribution in [0.2, 0.25) is 48.4 Å². The number of aromatic carboxylic acids is 1. The zero-order valence-corrected chi connectivity index (χ0v) is 34.5. The molecule has 0 bridgehead atoms. The molecule has 4 aromatic rings. The molecule has 8 heterocycles. The van der Waals surface area contributed by atoms with Crippen LogP contribution in [0, 0.1) is 0 Å². The van der Waals surface area contributed by atoms with Crippen LogP contribution in [-0.4, -0.2) is 77.4 Å². The van der Waals surface area contributed by atoms with E-state index < -0.39 is 22.1 Å². The fourth-order valence-corrected chi connectivity index (χ4v) is 22.0. The lowest BCUT2D eigenvalue weighted by Crippen LogP contribution is -2.43. The highest BCUT2D eigenvalue weighted by atomic mass is 32.1. The number of carbonyl (C=O) groups is 2. The number of ether oxygens (including phenoxy) is 2. The van der Waals surface area contributed by atoms with E-state index in [1.807, 2.05) is 6.07 Å². The first-order valence-electron chi connectivity index (χ1n) is 20.3. The molecule has 4 aromatic heterocycles. The van der Waals surface area contributed by atoms with Crippen LogP contribution < -0.4 is 20.5 Å². The summed E-state index contributed by atoms with van der Waals surface area (Å²) in [5.74, 6) is -0.947. The number of fused-ring (bicyclic) bond motifs is 2. The van der Waals surface area contributed by atoms with Gasteiger partial charge in [0, 0.05) is 12.1 Å². The monoisotopic (exact) mass is 796 g/mol. The normalized spacial score (nSPS) is 23.9. The SMILES string of the molecule is NC1CC[Si]2(CCCC2)CC1.O=C(NC1CC[Si]2(CCCC2)CC1)c1cc2sc(OC3CCC3)nc2[nH]1.O=C(O)c1cc2sc(OC3CCC3)nc2[nH]1. The van der Waals surface area contributed by atoms with Crippen LogP contribution in [0.1, 0.15) is 111 Å². The predicted octanol–water partition coefficient (Wildman–Crippen LogP) is 9.29. The van der Waals surface area contributed by atoms with Gasteiger partial charge in [-0.1, -0.05) is 96.7 Å². The third-order valence-electron chi connectivity index (χ3n) is 13.2. The topological polar surface area (TPSA) is 168 Å². The molecule has 6 fully saturated rings. The molecule has 0 aromatic carbocycles. The van der Waals surface area contributed by atoms with Crippen LogP contribution in [0.25, 0.3) is 20.7 Å². The van der Waals surface area contributed by atoms with E-state index in [1.165, 1.54) is 98.2 Å². The number of thiazole rings is 2. The van der Waals surface area contributed by atoms with E-state index >= 15 is 0 Å². The van der Waals surface area contributed by atoms with Gasteiger partial charge in [0.05, 0.1) is 25.5 Å². The number of hydrogen-bond donors (Lipinski definition) is 5. The van der Waals surface area contributed by atoms with Crippen molar-refractivity contribution in [1.82, 2.24) is 25.3 Å². The fourth-order valence-electron chi connectivity index (χ4n) is 9.33. The number of H-pyrrole nitrogens is 2. The van der Waals surface area contributed by atoms with Crippen molar-refractivity contribution in [2.75, 3.05) is 0 Å². The van der Waals surface area contributed by atoms with E-state index in [4.69, 9.17) is 20.3 Å². The summed E-state index contributed by atoms with van der Waals surface area (Å²) >= 11 is 2.92. The van der Waals surface area contributed by atoms with Gasteiger partial charge in [-0.3, -0.25) is 4.79 Å². The lowest BCUT2D eigenvalue weighted by atomic mass is 9.96. The second kappa shape index (κ2) is 16.2. The van der Waals surface area contributed by atoms with E-state index in [9.17, 15) is 9.59 Å². The van der Waals surface area contributed by atoms with Crippen LogP contribution in [0.3, 0.4) is 0 Å². The summed E-state index contributed by atoms with van der Waals surface area (Å²) in [6, 6.07) is 16.7. The highest BCUT2D eigenvalue weighted by molar-refractivity contribution is 7.20. The highest BCUT2D eigenvalue weighted by Gasteiger charge is 2.40. The van der Waals surface area contributed by atoms with E-state index in [-0.39, 0.29) is 11.6 Å². The molecule has 4 aliphatic heterocycles. The summed E-state index contributed by atoms with van der Waals surface area (Å²) in [5, 5.41) is 13.4. The second-order valence-electron chi connectivity index (χ2n) is 16.9. The largest absolute Gasteiger partial charge is 0.477 e. The predicted molar refractivity (Wildman–Crippen MR) is 218 cm³/mol. The van der Waals surface area contributed by atoms with Crippen LogP contribution >= 0.6 is 22.7 Å². The molecular formula is C38H56N6O5S2Si2. The van der Waals surface area contributed by atoms with Crippen molar-refractivity contribution in [3.05, 3.63) is 23.5 Å². The number of aromatic nitrogens is 4. The molecule has 0 atom stereocenters. The van der Waals surface area contributed by atoms with Crippen molar-refractivity contribution in [3.8, 4) is 10.4 Å². The molecule has 0 radical (unpaired) electrons. The summed E-state index contributed by atoms with van der Waals surface area (Å²) in [6.45, 7) is 0. The van der Waals surface area contributed by atoms with Crippen LogP contribution in [0.15, 0.2) is 12.1 Å². The number of amides is 1. The van der Waals surface area contributed by atoms with Gasteiger partial charge in [-0.25, -0.2) is 4.79 Å². The van der Waals surface area contributed by atoms with Gasteiger partial charge in [0.1, 0.15) is 23.6 Å². The molecule has 11 nitrogen and oxygen atoms in total. The Hall–Kier alpha value is -2.73. The molecule has 2 spiro atoms. The highest BCUT2D eigenvalue weighted by Crippen LogP contribution is 2.43. The first-order chi connectivity index (χ1) is 25.7. The standard InChI is InChI=1S/C19H27N3O2SSi.C10H10N2O3S.C9H19NSi/c23-18(20-13-6-10-26(11-7-13)8-1-2-9-26)15-12-16-17(21-15)22-19(25-16)24-14-4-3-5-14;13-9(14)6-4-7-8(11-6)12-10(16-7)15-5-2-1-3-5;10-9-3-7-11(8-4-9)5-1-2-6-11/h12-14,21H,1-11H2,(H,20,23);4-5,11H,1-3H2,(H,13,14);9H,1-8,10H2. The molecule has 53 heavy (non-hydrogen) atoms. The van der Waals surface area contributed by atoms with Crippen molar-refractivity contribution in [2.45, 2.75) is 163 Å². The Morgan fingerprint density at radius 1 is 0.679 bits per heavy atom. The maximum absolute atomic E-state index is 12.6. The molecule has 2 saturated carbocycles. The fraction of sp³-hybridized carbons (Fsp3) is 0.684. The van der Waals surface area contributed by atoms with Crippen LogP contribution in [0.5, 0.6) is 10.4 Å². The molecule has 0 unspecified atom stereocenters. The first kappa shape index (κ1) is 37.2. The van der Waals surface area contributed by atoms with E-state index in [2.05, 4.69) is 25.3 Å². The Labute approximate surface area is 321 Å². The number of nitrogens with two attached hydrogens (primary N) is 1. The van der Waals surface area contributed by atoms with Gasteiger partial charge in [-0.2, -0.15) is 9.97 Å². The van der Waals surface area contributed by atoms with E-state index in [0.717, 1.165) is 45.9 Å². The summed E-state index contributed by atoms with van der Waals surface area (Å²) in [4.78, 5) is 38.0. The minimum Gasteiger partial charge on any atom is -0.477 e. The number of carboxylic acid groups (broad SMARTS) is 1. The Balaban J connectivity index is 0.000000126.